The van der Waals surface area contributed by atoms with Gasteiger partial charge < -0.3 is 20.3 Å². The minimum absolute atomic E-state index is 0.0946. The molecule has 0 unspecified atom stereocenters. The largest absolute Gasteiger partial charge is 0.504 e. The molecular weight excluding hydrogens is 234 g/mol. The fraction of sp³-hybridized carbons (Fsp3) is 0.462. The third-order valence-electron chi connectivity index (χ3n) is 3.36. The summed E-state index contributed by atoms with van der Waals surface area (Å²) >= 11 is 0. The summed E-state index contributed by atoms with van der Waals surface area (Å²) in [6.07, 6.45) is 1.93. The first kappa shape index (κ1) is 12.7. The van der Waals surface area contributed by atoms with E-state index in [0.29, 0.717) is 5.92 Å². The topological polar surface area (TPSA) is 78.8 Å². The normalized spacial score (nSPS) is 16.5. The maximum absolute atomic E-state index is 11.1. The number of nitrogens with one attached hydrogen (secondary N) is 1. The predicted molar refractivity (Wildman–Crippen MR) is 66.5 cm³/mol. The number of piperidine rings is 1. The maximum atomic E-state index is 11.1. The van der Waals surface area contributed by atoms with E-state index < -0.39 is 5.97 Å². The highest BCUT2D eigenvalue weighted by Crippen LogP contribution is 2.36. The molecule has 2 rings (SSSR count). The van der Waals surface area contributed by atoms with Gasteiger partial charge in [0.05, 0.1) is 7.11 Å². The number of hydrogen-bond donors (Lipinski definition) is 3. The number of benzene rings is 1. The van der Waals surface area contributed by atoms with Gasteiger partial charge in [-0.3, -0.25) is 0 Å². The van der Waals surface area contributed by atoms with E-state index in [2.05, 4.69) is 5.32 Å². The van der Waals surface area contributed by atoms with Crippen molar-refractivity contribution in [2.45, 2.75) is 18.8 Å². The van der Waals surface area contributed by atoms with Crippen molar-refractivity contribution in [3.05, 3.63) is 23.3 Å². The van der Waals surface area contributed by atoms with Gasteiger partial charge in [-0.25, -0.2) is 4.79 Å². The van der Waals surface area contributed by atoms with Crippen molar-refractivity contribution in [2.75, 3.05) is 20.2 Å². The molecule has 98 valence electrons. The zero-order valence-electron chi connectivity index (χ0n) is 10.3. The lowest BCUT2D eigenvalue weighted by Crippen LogP contribution is -2.26. The van der Waals surface area contributed by atoms with Gasteiger partial charge in [-0.15, -0.1) is 0 Å². The molecular formula is C13H17NO4. The third-order valence-corrected chi connectivity index (χ3v) is 3.36. The van der Waals surface area contributed by atoms with Crippen molar-refractivity contribution < 1.29 is 19.7 Å². The SMILES string of the molecule is COc1cc(C2CCNCC2)cc(C(=O)O)c1O. The lowest BCUT2D eigenvalue weighted by atomic mass is 9.89. The second kappa shape index (κ2) is 5.27. The summed E-state index contributed by atoms with van der Waals surface area (Å²) in [5.74, 6) is -0.897. The second-order valence-electron chi connectivity index (χ2n) is 4.45. The average molecular weight is 251 g/mol. The highest BCUT2D eigenvalue weighted by Gasteiger charge is 2.21. The molecule has 1 heterocycles. The molecule has 1 aliphatic rings. The van der Waals surface area contributed by atoms with Gasteiger partial charge in [0.15, 0.2) is 11.5 Å². The van der Waals surface area contributed by atoms with Crippen LogP contribution in [0.1, 0.15) is 34.7 Å². The van der Waals surface area contributed by atoms with E-state index in [1.54, 1.807) is 12.1 Å². The summed E-state index contributed by atoms with van der Waals surface area (Å²) < 4.78 is 5.04. The maximum Gasteiger partial charge on any atom is 0.339 e. The molecule has 18 heavy (non-hydrogen) atoms. The Morgan fingerprint density at radius 3 is 2.61 bits per heavy atom. The summed E-state index contributed by atoms with van der Waals surface area (Å²) in [5.41, 5.74) is 0.825. The number of hydrogen-bond acceptors (Lipinski definition) is 4. The van der Waals surface area contributed by atoms with Gasteiger partial charge in [0, 0.05) is 0 Å². The van der Waals surface area contributed by atoms with E-state index in [9.17, 15) is 9.90 Å². The number of carboxylic acids is 1. The van der Waals surface area contributed by atoms with Crippen molar-refractivity contribution >= 4 is 5.97 Å². The Labute approximate surface area is 105 Å². The van der Waals surface area contributed by atoms with E-state index >= 15 is 0 Å². The van der Waals surface area contributed by atoms with Crippen LogP contribution >= 0.6 is 0 Å². The number of phenols is 1. The Balaban J connectivity index is 2.41. The number of aromatic hydroxyl groups is 1. The Bertz CT molecular complexity index is 453. The molecule has 1 aromatic carbocycles. The highest BCUT2D eigenvalue weighted by molar-refractivity contribution is 5.92. The van der Waals surface area contributed by atoms with Crippen LogP contribution in [0.4, 0.5) is 0 Å². The van der Waals surface area contributed by atoms with Crippen molar-refractivity contribution in [3.8, 4) is 11.5 Å². The van der Waals surface area contributed by atoms with Crippen LogP contribution in [0.15, 0.2) is 12.1 Å². The van der Waals surface area contributed by atoms with E-state index in [1.165, 1.54) is 7.11 Å². The first-order valence-electron chi connectivity index (χ1n) is 5.98. The lowest BCUT2D eigenvalue weighted by molar-refractivity contribution is 0.0693. The van der Waals surface area contributed by atoms with Crippen molar-refractivity contribution in [2.24, 2.45) is 0 Å². The molecule has 1 fully saturated rings. The fourth-order valence-electron chi connectivity index (χ4n) is 2.34. The van der Waals surface area contributed by atoms with E-state index in [1.807, 2.05) is 0 Å². The van der Waals surface area contributed by atoms with Gasteiger partial charge >= 0.3 is 5.97 Å². The van der Waals surface area contributed by atoms with Crippen LogP contribution in [0.3, 0.4) is 0 Å². The standard InChI is InChI=1S/C13H17NO4/c1-18-11-7-9(8-2-4-14-5-3-8)6-10(12(11)15)13(16)17/h6-8,14-15H,2-5H2,1H3,(H,16,17). The molecule has 5 nitrogen and oxygen atoms in total. The molecule has 0 atom stereocenters. The van der Waals surface area contributed by atoms with Crippen LogP contribution in [0.2, 0.25) is 0 Å². The van der Waals surface area contributed by atoms with Gasteiger partial charge in [-0.05, 0) is 49.5 Å². The molecule has 0 amide bonds. The minimum Gasteiger partial charge on any atom is -0.504 e. The molecule has 0 saturated carbocycles. The molecule has 3 N–H and O–H groups in total. The summed E-state index contributed by atoms with van der Waals surface area (Å²) in [4.78, 5) is 11.1. The van der Waals surface area contributed by atoms with Gasteiger partial charge in [0.2, 0.25) is 0 Å². The summed E-state index contributed by atoms with van der Waals surface area (Å²) in [7, 11) is 1.42. The first-order valence-corrected chi connectivity index (χ1v) is 5.98. The van der Waals surface area contributed by atoms with Crippen LogP contribution in [0.25, 0.3) is 0 Å². The predicted octanol–water partition coefficient (Wildman–Crippen LogP) is 1.57. The number of carbonyl (C=O) groups is 1. The molecule has 5 heteroatoms. The number of ether oxygens (including phenoxy) is 1. The molecule has 0 aromatic heterocycles. The zero-order chi connectivity index (χ0) is 13.1. The number of methoxy groups -OCH3 is 1. The molecule has 0 bridgehead atoms. The summed E-state index contributed by atoms with van der Waals surface area (Å²) in [6.45, 7) is 1.85. The monoisotopic (exact) mass is 251 g/mol. The van der Waals surface area contributed by atoms with Gasteiger partial charge in [0.25, 0.3) is 0 Å². The van der Waals surface area contributed by atoms with Crippen LogP contribution in [-0.4, -0.2) is 36.4 Å². The molecule has 0 radical (unpaired) electrons. The molecule has 0 spiro atoms. The molecule has 1 saturated heterocycles. The Hall–Kier alpha value is -1.75. The van der Waals surface area contributed by atoms with Gasteiger partial charge in [0.1, 0.15) is 5.56 Å². The number of rotatable bonds is 3. The summed E-state index contributed by atoms with van der Waals surface area (Å²) in [5, 5.41) is 22.1. The average Bonchev–Trinajstić information content (AvgIpc) is 2.39. The zero-order valence-corrected chi connectivity index (χ0v) is 10.3. The third kappa shape index (κ3) is 2.41. The Kier molecular flexibility index (Phi) is 3.72. The minimum atomic E-state index is -1.14. The second-order valence-corrected chi connectivity index (χ2v) is 4.45. The summed E-state index contributed by atoms with van der Waals surface area (Å²) in [6, 6.07) is 3.29. The highest BCUT2D eigenvalue weighted by atomic mass is 16.5. The number of carboxylic acid groups (broad SMARTS) is 1. The molecule has 1 aromatic rings. The van der Waals surface area contributed by atoms with Gasteiger partial charge in [-0.2, -0.15) is 0 Å². The lowest BCUT2D eigenvalue weighted by Gasteiger charge is -2.24. The Morgan fingerprint density at radius 1 is 1.39 bits per heavy atom. The fourth-order valence-corrected chi connectivity index (χ4v) is 2.34. The van der Waals surface area contributed by atoms with Crippen LogP contribution in [-0.2, 0) is 0 Å². The molecule has 1 aliphatic heterocycles. The van der Waals surface area contributed by atoms with Crippen molar-refractivity contribution in [3.63, 3.8) is 0 Å². The Morgan fingerprint density at radius 2 is 2.06 bits per heavy atom. The van der Waals surface area contributed by atoms with E-state index in [-0.39, 0.29) is 17.1 Å². The van der Waals surface area contributed by atoms with E-state index in [0.717, 1.165) is 31.5 Å². The number of aromatic carboxylic acids is 1. The van der Waals surface area contributed by atoms with Crippen LogP contribution < -0.4 is 10.1 Å². The van der Waals surface area contributed by atoms with Gasteiger partial charge in [-0.1, -0.05) is 0 Å². The smallest absolute Gasteiger partial charge is 0.339 e. The van der Waals surface area contributed by atoms with Crippen LogP contribution in [0, 0.1) is 0 Å². The van der Waals surface area contributed by atoms with Crippen molar-refractivity contribution in [1.29, 1.82) is 0 Å². The van der Waals surface area contributed by atoms with Crippen LogP contribution in [0.5, 0.6) is 11.5 Å². The molecule has 0 aliphatic carbocycles. The quantitative estimate of drug-likeness (QED) is 0.760. The van der Waals surface area contributed by atoms with Crippen molar-refractivity contribution in [1.82, 2.24) is 5.32 Å². The first-order chi connectivity index (χ1) is 8.63. The van der Waals surface area contributed by atoms with E-state index in [4.69, 9.17) is 9.84 Å².